The maximum absolute atomic E-state index is 12.0. The van der Waals surface area contributed by atoms with Gasteiger partial charge in [0.25, 0.3) is 0 Å². The van der Waals surface area contributed by atoms with Crippen molar-refractivity contribution in [3.05, 3.63) is 36.0 Å². The summed E-state index contributed by atoms with van der Waals surface area (Å²) < 4.78 is 5.14. The molecule has 2 amide bonds. The van der Waals surface area contributed by atoms with Crippen molar-refractivity contribution in [3.8, 4) is 0 Å². The average Bonchev–Trinajstić information content (AvgIpc) is 2.92. The SMILES string of the molecule is C[C@H](NC(=O)OC(C)(C)C)C(=O)NCCCc1c[nH]c2ccccc12. The number of ether oxygens (including phenoxy) is 1. The van der Waals surface area contributed by atoms with E-state index in [9.17, 15) is 9.59 Å². The van der Waals surface area contributed by atoms with Crippen LogP contribution in [0.25, 0.3) is 10.9 Å². The van der Waals surface area contributed by atoms with Crippen molar-refractivity contribution < 1.29 is 14.3 Å². The lowest BCUT2D eigenvalue weighted by atomic mass is 10.1. The quantitative estimate of drug-likeness (QED) is 0.703. The Morgan fingerprint density at radius 1 is 1.24 bits per heavy atom. The van der Waals surface area contributed by atoms with Crippen molar-refractivity contribution in [1.29, 1.82) is 0 Å². The van der Waals surface area contributed by atoms with Gasteiger partial charge in [-0.15, -0.1) is 0 Å². The van der Waals surface area contributed by atoms with Crippen molar-refractivity contribution >= 4 is 22.9 Å². The second-order valence-electron chi connectivity index (χ2n) is 7.12. The molecular formula is C19H27N3O3. The number of fused-ring (bicyclic) bond motifs is 1. The van der Waals surface area contributed by atoms with E-state index in [1.54, 1.807) is 27.7 Å². The second-order valence-corrected chi connectivity index (χ2v) is 7.12. The Morgan fingerprint density at radius 3 is 2.68 bits per heavy atom. The van der Waals surface area contributed by atoms with E-state index in [1.807, 2.05) is 24.4 Å². The highest BCUT2D eigenvalue weighted by Gasteiger charge is 2.20. The molecule has 25 heavy (non-hydrogen) atoms. The number of nitrogens with one attached hydrogen (secondary N) is 3. The fourth-order valence-corrected chi connectivity index (χ4v) is 2.53. The Balaban J connectivity index is 1.72. The maximum atomic E-state index is 12.0. The van der Waals surface area contributed by atoms with E-state index in [-0.39, 0.29) is 5.91 Å². The van der Waals surface area contributed by atoms with Gasteiger partial charge in [-0.05, 0) is 52.2 Å². The molecule has 0 aliphatic rings. The zero-order chi connectivity index (χ0) is 18.4. The van der Waals surface area contributed by atoms with Gasteiger partial charge in [-0.1, -0.05) is 18.2 Å². The predicted molar refractivity (Wildman–Crippen MR) is 98.5 cm³/mol. The number of para-hydroxylation sites is 1. The van der Waals surface area contributed by atoms with E-state index in [1.165, 1.54) is 10.9 Å². The first-order valence-electron chi connectivity index (χ1n) is 8.58. The number of hydrogen-bond donors (Lipinski definition) is 3. The number of H-pyrrole nitrogens is 1. The van der Waals surface area contributed by atoms with Crippen LogP contribution < -0.4 is 10.6 Å². The van der Waals surface area contributed by atoms with E-state index >= 15 is 0 Å². The standard InChI is InChI=1S/C19H27N3O3/c1-13(22-18(24)25-19(2,3)4)17(23)20-11-7-8-14-12-21-16-10-6-5-9-15(14)16/h5-6,9-10,12-13,21H,7-8,11H2,1-4H3,(H,20,23)(H,22,24)/t13-/m0/s1. The van der Waals surface area contributed by atoms with E-state index < -0.39 is 17.7 Å². The number of aromatic nitrogens is 1. The number of amides is 2. The van der Waals surface area contributed by atoms with Crippen molar-refractivity contribution in [2.75, 3.05) is 6.54 Å². The lowest BCUT2D eigenvalue weighted by Crippen LogP contribution is -2.46. The largest absolute Gasteiger partial charge is 0.444 e. The molecule has 0 unspecified atom stereocenters. The molecule has 2 aromatic rings. The van der Waals surface area contributed by atoms with Crippen LogP contribution in [-0.2, 0) is 16.0 Å². The number of aryl methyl sites for hydroxylation is 1. The van der Waals surface area contributed by atoms with Crippen LogP contribution in [0.15, 0.2) is 30.5 Å². The van der Waals surface area contributed by atoms with Gasteiger partial charge < -0.3 is 20.4 Å². The minimum Gasteiger partial charge on any atom is -0.444 e. The van der Waals surface area contributed by atoms with E-state index in [2.05, 4.69) is 21.7 Å². The molecule has 0 radical (unpaired) electrons. The molecule has 0 saturated carbocycles. The number of benzene rings is 1. The van der Waals surface area contributed by atoms with E-state index in [0.717, 1.165) is 18.4 Å². The first-order valence-corrected chi connectivity index (χ1v) is 8.58. The van der Waals surface area contributed by atoms with Gasteiger partial charge in [0.2, 0.25) is 5.91 Å². The first-order chi connectivity index (χ1) is 11.8. The molecule has 0 aliphatic heterocycles. The van der Waals surface area contributed by atoms with Crippen molar-refractivity contribution in [3.63, 3.8) is 0 Å². The Morgan fingerprint density at radius 2 is 1.96 bits per heavy atom. The summed E-state index contributed by atoms with van der Waals surface area (Å²) in [6, 6.07) is 7.52. The summed E-state index contributed by atoms with van der Waals surface area (Å²) in [4.78, 5) is 26.9. The number of carbonyl (C=O) groups excluding carboxylic acids is 2. The molecule has 3 N–H and O–H groups in total. The van der Waals surface area contributed by atoms with Crippen molar-refractivity contribution in [1.82, 2.24) is 15.6 Å². The number of rotatable bonds is 6. The van der Waals surface area contributed by atoms with Gasteiger partial charge in [0.15, 0.2) is 0 Å². The zero-order valence-electron chi connectivity index (χ0n) is 15.3. The highest BCUT2D eigenvalue weighted by Crippen LogP contribution is 2.18. The summed E-state index contributed by atoms with van der Waals surface area (Å²) in [5.41, 5.74) is 1.78. The summed E-state index contributed by atoms with van der Waals surface area (Å²) in [6.07, 6.45) is 3.12. The topological polar surface area (TPSA) is 83.2 Å². The number of hydrogen-bond acceptors (Lipinski definition) is 3. The van der Waals surface area contributed by atoms with Gasteiger partial charge in [0, 0.05) is 23.6 Å². The summed E-state index contributed by atoms with van der Waals surface area (Å²) in [6.45, 7) is 7.53. The molecule has 0 saturated heterocycles. The first kappa shape index (κ1) is 18.8. The molecule has 1 heterocycles. The number of aromatic amines is 1. The highest BCUT2D eigenvalue weighted by atomic mass is 16.6. The van der Waals surface area contributed by atoms with Crippen LogP contribution in [0, 0.1) is 0 Å². The third-order valence-corrected chi connectivity index (χ3v) is 3.72. The zero-order valence-corrected chi connectivity index (χ0v) is 15.3. The van der Waals surface area contributed by atoms with Crippen LogP contribution >= 0.6 is 0 Å². The molecule has 6 nitrogen and oxygen atoms in total. The molecule has 2 rings (SSSR count). The molecule has 136 valence electrons. The second kappa shape index (κ2) is 8.05. The molecule has 0 fully saturated rings. The molecule has 0 aliphatic carbocycles. The van der Waals surface area contributed by atoms with Gasteiger partial charge in [-0.2, -0.15) is 0 Å². The normalized spacial score (nSPS) is 12.6. The fraction of sp³-hybridized carbons (Fsp3) is 0.474. The number of carbonyl (C=O) groups is 2. The maximum Gasteiger partial charge on any atom is 0.408 e. The van der Waals surface area contributed by atoms with Crippen LogP contribution in [0.2, 0.25) is 0 Å². The molecule has 0 spiro atoms. The lowest BCUT2D eigenvalue weighted by Gasteiger charge is -2.21. The summed E-state index contributed by atoms with van der Waals surface area (Å²) in [5, 5.41) is 6.59. The molecule has 1 atom stereocenters. The van der Waals surface area contributed by atoms with Crippen LogP contribution in [0.5, 0.6) is 0 Å². The Hall–Kier alpha value is -2.50. The monoisotopic (exact) mass is 345 g/mol. The van der Waals surface area contributed by atoms with Gasteiger partial charge in [0.05, 0.1) is 0 Å². The Bertz CT molecular complexity index is 731. The van der Waals surface area contributed by atoms with Crippen LogP contribution in [0.4, 0.5) is 4.79 Å². The number of alkyl carbamates (subject to hydrolysis) is 1. The average molecular weight is 345 g/mol. The van der Waals surface area contributed by atoms with Crippen LogP contribution in [-0.4, -0.2) is 35.2 Å². The lowest BCUT2D eigenvalue weighted by molar-refractivity contribution is -0.122. The Labute approximate surface area is 148 Å². The minimum absolute atomic E-state index is 0.218. The van der Waals surface area contributed by atoms with Gasteiger partial charge >= 0.3 is 6.09 Å². The summed E-state index contributed by atoms with van der Waals surface area (Å²) in [5.74, 6) is -0.218. The van der Waals surface area contributed by atoms with Gasteiger partial charge in [0.1, 0.15) is 11.6 Å². The van der Waals surface area contributed by atoms with Gasteiger partial charge in [-0.25, -0.2) is 4.79 Å². The van der Waals surface area contributed by atoms with Crippen molar-refractivity contribution in [2.24, 2.45) is 0 Å². The fourth-order valence-electron chi connectivity index (χ4n) is 2.53. The molecule has 6 heteroatoms. The smallest absolute Gasteiger partial charge is 0.408 e. The van der Waals surface area contributed by atoms with E-state index in [0.29, 0.717) is 6.54 Å². The van der Waals surface area contributed by atoms with Crippen LogP contribution in [0.3, 0.4) is 0 Å². The third-order valence-electron chi connectivity index (χ3n) is 3.72. The molecular weight excluding hydrogens is 318 g/mol. The summed E-state index contributed by atoms with van der Waals surface area (Å²) in [7, 11) is 0. The summed E-state index contributed by atoms with van der Waals surface area (Å²) >= 11 is 0. The molecule has 1 aromatic carbocycles. The third kappa shape index (κ3) is 5.81. The molecule has 0 bridgehead atoms. The van der Waals surface area contributed by atoms with Gasteiger partial charge in [-0.3, -0.25) is 4.79 Å². The predicted octanol–water partition coefficient (Wildman–Crippen LogP) is 3.13. The highest BCUT2D eigenvalue weighted by molar-refractivity contribution is 5.85. The van der Waals surface area contributed by atoms with Crippen molar-refractivity contribution in [2.45, 2.75) is 52.2 Å². The van der Waals surface area contributed by atoms with Crippen LogP contribution in [0.1, 0.15) is 39.7 Å². The molecule has 1 aromatic heterocycles. The van der Waals surface area contributed by atoms with E-state index in [4.69, 9.17) is 4.74 Å². The minimum atomic E-state index is -0.636. The Kier molecular flexibility index (Phi) is 6.07.